The summed E-state index contributed by atoms with van der Waals surface area (Å²) in [6.07, 6.45) is 25.1. The third kappa shape index (κ3) is 20.7. The third-order valence-electron chi connectivity index (χ3n) is 6.40. The van der Waals surface area contributed by atoms with Gasteiger partial charge in [0.15, 0.2) is 19.6 Å². The van der Waals surface area contributed by atoms with E-state index in [2.05, 4.69) is 19.1 Å². The Labute approximate surface area is 206 Å². The van der Waals surface area contributed by atoms with Crippen molar-refractivity contribution in [2.45, 2.75) is 116 Å². The lowest BCUT2D eigenvalue weighted by Crippen LogP contribution is -2.57. The molecule has 34 heavy (non-hydrogen) atoms. The van der Waals surface area contributed by atoms with Gasteiger partial charge in [-0.05, 0) is 32.6 Å². The summed E-state index contributed by atoms with van der Waals surface area (Å²) in [5.41, 5.74) is 0. The second kappa shape index (κ2) is 21.6. The molecule has 0 radical (unpaired) electrons. The number of nitrogens with zero attached hydrogens (tertiary/aromatic N) is 1. The Morgan fingerprint density at radius 2 is 0.824 bits per heavy atom. The van der Waals surface area contributed by atoms with Gasteiger partial charge in [0.1, 0.15) is 0 Å². The van der Waals surface area contributed by atoms with E-state index < -0.39 is 42.0 Å². The Morgan fingerprint density at radius 3 is 1.12 bits per heavy atom. The summed E-state index contributed by atoms with van der Waals surface area (Å²) in [4.78, 5) is 33.5. The van der Waals surface area contributed by atoms with Gasteiger partial charge in [-0.15, -0.1) is 0 Å². The maximum absolute atomic E-state index is 11.2. The predicted molar refractivity (Wildman–Crippen MR) is 136 cm³/mol. The molecule has 7 nitrogen and oxygen atoms in total. The quantitative estimate of drug-likeness (QED) is 0.0800. The molecule has 198 valence electrons. The van der Waals surface area contributed by atoms with Crippen LogP contribution in [0.1, 0.15) is 116 Å². The first kappa shape index (κ1) is 32.1. The molecular weight excluding hydrogens is 434 g/mol. The largest absolute Gasteiger partial charge is 0.477 e. The lowest BCUT2D eigenvalue weighted by atomic mass is 10.0. The first-order chi connectivity index (χ1) is 16.3. The van der Waals surface area contributed by atoms with Gasteiger partial charge >= 0.3 is 17.9 Å². The van der Waals surface area contributed by atoms with Gasteiger partial charge in [0.05, 0.1) is 6.54 Å². The zero-order valence-corrected chi connectivity index (χ0v) is 21.5. The number of hydrogen-bond donors (Lipinski definition) is 3. The van der Waals surface area contributed by atoms with Crippen LogP contribution in [0.5, 0.6) is 0 Å². The number of rotatable bonds is 25. The fourth-order valence-electron chi connectivity index (χ4n) is 4.62. The van der Waals surface area contributed by atoms with Crippen LogP contribution in [0.3, 0.4) is 0 Å². The van der Waals surface area contributed by atoms with Crippen molar-refractivity contribution in [2.75, 3.05) is 26.2 Å². The minimum absolute atomic E-state index is 0.265. The predicted octanol–water partition coefficient (Wildman–Crippen LogP) is 6.26. The fraction of sp³-hybridized carbons (Fsp3) is 0.815. The zero-order valence-electron chi connectivity index (χ0n) is 21.5. The summed E-state index contributed by atoms with van der Waals surface area (Å²) >= 11 is 0. The number of quaternary nitrogens is 1. The molecule has 0 bridgehead atoms. The van der Waals surface area contributed by atoms with E-state index in [-0.39, 0.29) is 6.54 Å². The summed E-state index contributed by atoms with van der Waals surface area (Å²) in [5, 5.41) is 27.4. The molecule has 0 saturated heterocycles. The lowest BCUT2D eigenvalue weighted by molar-refractivity contribution is -0.907. The molecule has 7 heteroatoms. The Bertz CT molecular complexity index is 535. The van der Waals surface area contributed by atoms with Crippen LogP contribution in [0.2, 0.25) is 0 Å². The van der Waals surface area contributed by atoms with Crippen LogP contribution in [-0.4, -0.2) is 63.9 Å². The van der Waals surface area contributed by atoms with E-state index in [4.69, 9.17) is 15.3 Å². The van der Waals surface area contributed by atoms with Gasteiger partial charge in [-0.25, -0.2) is 14.4 Å². The number of carboxylic acids is 3. The molecule has 0 aromatic heterocycles. The molecule has 0 spiro atoms. The highest BCUT2D eigenvalue weighted by atomic mass is 16.4. The van der Waals surface area contributed by atoms with Crippen LogP contribution in [0.4, 0.5) is 0 Å². The minimum atomic E-state index is -1.17. The molecule has 0 rings (SSSR count). The molecule has 0 aliphatic heterocycles. The molecule has 0 aromatic rings. The number of carboxylic acid groups (broad SMARTS) is 3. The van der Waals surface area contributed by atoms with Crippen molar-refractivity contribution in [3.63, 3.8) is 0 Å². The molecule has 0 aliphatic carbocycles. The molecule has 0 amide bonds. The molecule has 0 saturated carbocycles. The second-order valence-corrected chi connectivity index (χ2v) is 9.74. The fourth-order valence-corrected chi connectivity index (χ4v) is 4.62. The number of hydrogen-bond acceptors (Lipinski definition) is 3. The topological polar surface area (TPSA) is 112 Å². The van der Waals surface area contributed by atoms with Crippen LogP contribution < -0.4 is 0 Å². The van der Waals surface area contributed by atoms with Gasteiger partial charge < -0.3 is 15.3 Å². The molecular formula is C27H50NO6+. The average Bonchev–Trinajstić information content (AvgIpc) is 2.73. The maximum atomic E-state index is 11.2. The van der Waals surface area contributed by atoms with Crippen LogP contribution >= 0.6 is 0 Å². The van der Waals surface area contributed by atoms with Gasteiger partial charge in [0, 0.05) is 0 Å². The number of aliphatic carboxylic acids is 3. The van der Waals surface area contributed by atoms with Gasteiger partial charge in [0.25, 0.3) is 0 Å². The first-order valence-corrected chi connectivity index (χ1v) is 13.4. The molecule has 0 unspecified atom stereocenters. The number of unbranched alkanes of at least 4 members (excludes halogenated alkanes) is 16. The van der Waals surface area contributed by atoms with Crippen molar-refractivity contribution >= 4 is 17.9 Å². The summed E-state index contributed by atoms with van der Waals surface area (Å²) < 4.78 is -0.434. The monoisotopic (exact) mass is 484 g/mol. The maximum Gasteiger partial charge on any atom is 0.359 e. The molecule has 0 fully saturated rings. The van der Waals surface area contributed by atoms with E-state index in [1.54, 1.807) is 0 Å². The van der Waals surface area contributed by atoms with Gasteiger partial charge in [-0.3, -0.25) is 4.48 Å². The number of allylic oxidation sites excluding steroid dienone is 2. The highest BCUT2D eigenvalue weighted by molar-refractivity contribution is 5.73. The highest BCUT2D eigenvalue weighted by Crippen LogP contribution is 2.15. The van der Waals surface area contributed by atoms with E-state index in [9.17, 15) is 14.4 Å². The average molecular weight is 485 g/mol. The van der Waals surface area contributed by atoms with Crippen molar-refractivity contribution in [3.8, 4) is 0 Å². The number of carbonyl (C=O) groups is 3. The summed E-state index contributed by atoms with van der Waals surface area (Å²) in [5.74, 6) is -3.51. The van der Waals surface area contributed by atoms with Crippen molar-refractivity contribution in [1.82, 2.24) is 0 Å². The van der Waals surface area contributed by atoms with E-state index in [1.165, 1.54) is 83.5 Å². The standard InChI is InChI=1S/C27H49NO6/c1-2-3-4-5-6-7-8-9-10-11-12-13-14-15-16-17-18-19-20-21-28(22-25(29)30,23-26(31)32)24-27(33)34/h2-3H,4-24H2,1H3,(H2-,29,30,31,32,33,34)/p+1/b3-2+. The summed E-state index contributed by atoms with van der Waals surface area (Å²) in [6, 6.07) is 0. The van der Waals surface area contributed by atoms with E-state index in [1.807, 2.05) is 0 Å². The Morgan fingerprint density at radius 1 is 0.529 bits per heavy atom. The molecule has 0 aliphatic rings. The Balaban J connectivity index is 3.71. The molecule has 0 aromatic carbocycles. The molecule has 3 N–H and O–H groups in total. The van der Waals surface area contributed by atoms with Gasteiger partial charge in [0.2, 0.25) is 0 Å². The first-order valence-electron chi connectivity index (χ1n) is 13.4. The van der Waals surface area contributed by atoms with Crippen LogP contribution in [0, 0.1) is 0 Å². The van der Waals surface area contributed by atoms with Gasteiger partial charge in [-0.1, -0.05) is 95.6 Å². The van der Waals surface area contributed by atoms with Crippen LogP contribution in [0.15, 0.2) is 12.2 Å². The SMILES string of the molecule is C/C=C/CCCCCCCCCCCCCCCCCC[N+](CC(=O)O)(CC(=O)O)CC(=O)O. The smallest absolute Gasteiger partial charge is 0.359 e. The van der Waals surface area contributed by atoms with E-state index in [0.29, 0.717) is 6.42 Å². The van der Waals surface area contributed by atoms with Gasteiger partial charge in [-0.2, -0.15) is 0 Å². The van der Waals surface area contributed by atoms with Crippen LogP contribution in [0.25, 0.3) is 0 Å². The normalized spacial score (nSPS) is 11.8. The minimum Gasteiger partial charge on any atom is -0.477 e. The zero-order chi connectivity index (χ0) is 25.5. The second-order valence-electron chi connectivity index (χ2n) is 9.74. The van der Waals surface area contributed by atoms with E-state index >= 15 is 0 Å². The van der Waals surface area contributed by atoms with Crippen molar-refractivity contribution in [1.29, 1.82) is 0 Å². The molecule has 0 heterocycles. The summed E-state index contributed by atoms with van der Waals surface area (Å²) in [6.45, 7) is 0.916. The van der Waals surface area contributed by atoms with Crippen molar-refractivity contribution < 1.29 is 34.2 Å². The Kier molecular flexibility index (Phi) is 20.4. The van der Waals surface area contributed by atoms with Crippen LogP contribution in [-0.2, 0) is 14.4 Å². The molecule has 0 atom stereocenters. The highest BCUT2D eigenvalue weighted by Gasteiger charge is 2.35. The summed E-state index contributed by atoms with van der Waals surface area (Å²) in [7, 11) is 0. The lowest BCUT2D eigenvalue weighted by Gasteiger charge is -2.34. The van der Waals surface area contributed by atoms with Crippen molar-refractivity contribution in [2.24, 2.45) is 0 Å². The Hall–Kier alpha value is -1.89. The third-order valence-corrected chi connectivity index (χ3v) is 6.40. The van der Waals surface area contributed by atoms with E-state index in [0.717, 1.165) is 19.3 Å². The van der Waals surface area contributed by atoms with Crippen molar-refractivity contribution in [3.05, 3.63) is 12.2 Å².